The van der Waals surface area contributed by atoms with E-state index in [1.54, 1.807) is 24.9 Å². The molecule has 160 valence electrons. The number of benzene rings is 1. The summed E-state index contributed by atoms with van der Waals surface area (Å²) in [4.78, 5) is 0. The van der Waals surface area contributed by atoms with Crippen molar-refractivity contribution in [3.05, 3.63) is 39.2 Å². The Morgan fingerprint density at radius 3 is 2.83 bits per heavy atom. The molecule has 0 amide bonds. The van der Waals surface area contributed by atoms with Crippen LogP contribution >= 0.6 is 22.6 Å². The smallest absolute Gasteiger partial charge is 0.247 e. The first-order chi connectivity index (χ1) is 13.7. The zero-order valence-corrected chi connectivity index (χ0v) is 20.5. The first kappa shape index (κ1) is 22.6. The van der Waals surface area contributed by atoms with E-state index in [4.69, 9.17) is 14.6 Å². The molecular weight excluding hydrogens is 504 g/mol. The molecule has 0 aliphatic carbocycles. The molecule has 6 nitrogen and oxygen atoms in total. The van der Waals surface area contributed by atoms with Gasteiger partial charge in [-0.25, -0.2) is 0 Å². The van der Waals surface area contributed by atoms with Crippen LogP contribution in [0.1, 0.15) is 30.7 Å². The van der Waals surface area contributed by atoms with Gasteiger partial charge in [0.15, 0.2) is 0 Å². The van der Waals surface area contributed by atoms with Gasteiger partial charge in [0, 0.05) is 53.5 Å². The topological polar surface area (TPSA) is 69.4 Å². The predicted octanol–water partition coefficient (Wildman–Crippen LogP) is 4.14. The molecule has 29 heavy (non-hydrogen) atoms. The first-order valence-corrected chi connectivity index (χ1v) is 14.0. The summed E-state index contributed by atoms with van der Waals surface area (Å²) in [6, 6.07) is 6.05. The van der Waals surface area contributed by atoms with Gasteiger partial charge in [-0.2, -0.15) is 0 Å². The van der Waals surface area contributed by atoms with Crippen LogP contribution in [0.3, 0.4) is 0 Å². The van der Waals surface area contributed by atoms with Crippen LogP contribution in [0.25, 0.3) is 0 Å². The van der Waals surface area contributed by atoms with Crippen LogP contribution in [0.5, 0.6) is 5.75 Å². The number of hydrogen-bond donors (Lipinski definition) is 1. The molecule has 0 saturated carbocycles. The zero-order chi connectivity index (χ0) is 21.2. The quantitative estimate of drug-likeness (QED) is 0.314. The lowest BCUT2D eigenvalue weighted by molar-refractivity contribution is -0.0243. The van der Waals surface area contributed by atoms with Gasteiger partial charge in [0.2, 0.25) is 8.41 Å². The maximum atomic E-state index is 15.4. The molecule has 3 rings (SSSR count). The Morgan fingerprint density at radius 2 is 2.17 bits per heavy atom. The van der Waals surface area contributed by atoms with Crippen molar-refractivity contribution in [2.75, 3.05) is 13.7 Å². The number of aliphatic hydroxyl groups excluding tert-OH is 1. The Morgan fingerprint density at radius 1 is 1.41 bits per heavy atom. The summed E-state index contributed by atoms with van der Waals surface area (Å²) >= 11 is 2.28. The van der Waals surface area contributed by atoms with Gasteiger partial charge < -0.3 is 18.7 Å². The summed E-state index contributed by atoms with van der Waals surface area (Å²) in [5.41, 5.74) is 1.56. The molecule has 1 unspecified atom stereocenters. The minimum Gasteiger partial charge on any atom is -0.490 e. The number of aromatic nitrogens is 3. The molecule has 0 fully saturated rings. The van der Waals surface area contributed by atoms with Crippen molar-refractivity contribution in [3.8, 4) is 5.75 Å². The van der Waals surface area contributed by atoms with E-state index < -0.39 is 8.41 Å². The van der Waals surface area contributed by atoms with E-state index in [0.717, 1.165) is 20.6 Å². The fraction of sp³-hybridized carbons (Fsp3) is 0.600. The average molecular weight is 533 g/mol. The van der Waals surface area contributed by atoms with Crippen molar-refractivity contribution in [2.45, 2.75) is 57.2 Å². The van der Waals surface area contributed by atoms with E-state index in [1.807, 2.05) is 18.3 Å². The second-order valence-electron chi connectivity index (χ2n) is 8.19. The number of fused-ring (bicyclic) bond motifs is 1. The van der Waals surface area contributed by atoms with Crippen LogP contribution in [0.4, 0.5) is 4.11 Å². The Labute approximate surface area is 186 Å². The molecule has 1 aliphatic rings. The number of rotatable bonds is 8. The van der Waals surface area contributed by atoms with Gasteiger partial charge in [-0.15, -0.1) is 5.10 Å². The number of aliphatic hydroxyl groups is 1. The number of halogens is 2. The molecule has 0 saturated heterocycles. The van der Waals surface area contributed by atoms with Crippen molar-refractivity contribution in [3.63, 3.8) is 0 Å². The Bertz CT molecular complexity index is 830. The summed E-state index contributed by atoms with van der Waals surface area (Å²) in [6.45, 7) is 6.18. The van der Waals surface area contributed by atoms with Crippen LogP contribution in [-0.4, -0.2) is 48.3 Å². The van der Waals surface area contributed by atoms with E-state index in [9.17, 15) is 0 Å². The number of hydrogen-bond acceptors (Lipinski definition) is 5. The van der Waals surface area contributed by atoms with E-state index in [2.05, 4.69) is 45.9 Å². The third-order valence-corrected chi connectivity index (χ3v) is 8.74. The van der Waals surface area contributed by atoms with Crippen LogP contribution < -0.4 is 4.74 Å². The molecule has 0 spiro atoms. The molecular formula is C20H29FIN3O3Si. The Hall–Kier alpha value is -1.04. The summed E-state index contributed by atoms with van der Waals surface area (Å²) in [6.07, 6.45) is 2.52. The standard InChI is InChI=1S/C20H29FIN3O3Si/c1-13-19(27-2)16-11-14(22)5-6-17(16)28-20(13)18(29(3,4)21)7-9-25-12-15(8-10-26)23-24-25/h5-6,11-13,18-20,26H,7-10H2,1-4H3/t13-,18?,19-,20-/m1/s1. The van der Waals surface area contributed by atoms with Crippen molar-refractivity contribution < 1.29 is 18.7 Å². The number of ether oxygens (including phenoxy) is 2. The Balaban J connectivity index is 1.83. The third kappa shape index (κ3) is 5.18. The molecule has 1 N–H and O–H groups in total. The lowest BCUT2D eigenvalue weighted by Crippen LogP contribution is -2.46. The van der Waals surface area contributed by atoms with Gasteiger partial charge in [0.05, 0.1) is 11.8 Å². The van der Waals surface area contributed by atoms with Crippen molar-refractivity contribution in [1.29, 1.82) is 0 Å². The van der Waals surface area contributed by atoms with Gasteiger partial charge in [0.1, 0.15) is 11.9 Å². The molecule has 0 bridgehead atoms. The fourth-order valence-electron chi connectivity index (χ4n) is 4.19. The van der Waals surface area contributed by atoms with Gasteiger partial charge in [-0.1, -0.05) is 12.1 Å². The number of methoxy groups -OCH3 is 1. The van der Waals surface area contributed by atoms with Crippen molar-refractivity contribution >= 4 is 31.0 Å². The van der Waals surface area contributed by atoms with E-state index in [1.165, 1.54) is 0 Å². The highest BCUT2D eigenvalue weighted by molar-refractivity contribution is 14.1. The maximum absolute atomic E-state index is 15.4. The predicted molar refractivity (Wildman–Crippen MR) is 120 cm³/mol. The van der Waals surface area contributed by atoms with Crippen molar-refractivity contribution in [2.24, 2.45) is 5.92 Å². The molecule has 1 aliphatic heterocycles. The average Bonchev–Trinajstić information content (AvgIpc) is 3.09. The molecule has 1 aromatic carbocycles. The highest BCUT2D eigenvalue weighted by Crippen LogP contribution is 2.47. The molecule has 4 atom stereocenters. The van der Waals surface area contributed by atoms with E-state index >= 15 is 4.11 Å². The highest BCUT2D eigenvalue weighted by atomic mass is 127. The largest absolute Gasteiger partial charge is 0.490 e. The monoisotopic (exact) mass is 533 g/mol. The molecule has 0 radical (unpaired) electrons. The minimum atomic E-state index is -3.04. The SMILES string of the molecule is CO[C@H]1c2cc(I)ccc2O[C@@H](C(CCn2cc(CCO)nn2)[Si](C)(C)F)[C@@H]1C. The molecule has 9 heteroatoms. The van der Waals surface area contributed by atoms with E-state index in [0.29, 0.717) is 19.4 Å². The second-order valence-corrected chi connectivity index (χ2v) is 13.3. The van der Waals surface area contributed by atoms with Crippen LogP contribution in [-0.2, 0) is 17.7 Å². The Kier molecular flexibility index (Phi) is 7.34. The van der Waals surface area contributed by atoms with Gasteiger partial charge in [-0.3, -0.25) is 4.68 Å². The second kappa shape index (κ2) is 9.40. The summed E-state index contributed by atoms with van der Waals surface area (Å²) in [7, 11) is -1.33. The van der Waals surface area contributed by atoms with Crippen LogP contribution in [0.2, 0.25) is 18.6 Å². The lowest BCUT2D eigenvalue weighted by atomic mass is 9.86. The normalized spacial score (nSPS) is 22.8. The number of nitrogens with zero attached hydrogens (tertiary/aromatic N) is 3. The summed E-state index contributed by atoms with van der Waals surface area (Å²) in [5.74, 6) is 0.813. The van der Waals surface area contributed by atoms with Gasteiger partial charge in [0.25, 0.3) is 0 Å². The van der Waals surface area contributed by atoms with Crippen LogP contribution in [0, 0.1) is 9.49 Å². The van der Waals surface area contributed by atoms with Crippen molar-refractivity contribution in [1.82, 2.24) is 15.0 Å². The highest BCUT2D eigenvalue weighted by Gasteiger charge is 2.47. The van der Waals surface area contributed by atoms with Gasteiger partial charge >= 0.3 is 0 Å². The van der Waals surface area contributed by atoms with Crippen LogP contribution in [0.15, 0.2) is 24.4 Å². The molecule has 2 heterocycles. The van der Waals surface area contributed by atoms with E-state index in [-0.39, 0.29) is 30.3 Å². The molecule has 1 aromatic heterocycles. The maximum Gasteiger partial charge on any atom is 0.247 e. The summed E-state index contributed by atoms with van der Waals surface area (Å²) < 4.78 is 30.5. The minimum absolute atomic E-state index is 0.0268. The molecule has 2 aromatic rings. The summed E-state index contributed by atoms with van der Waals surface area (Å²) in [5, 5.41) is 17.2. The number of aryl methyl sites for hydroxylation is 1. The zero-order valence-electron chi connectivity index (χ0n) is 17.3. The third-order valence-electron chi connectivity index (χ3n) is 5.69. The first-order valence-electron chi connectivity index (χ1n) is 9.92. The lowest BCUT2D eigenvalue weighted by Gasteiger charge is -2.43. The van der Waals surface area contributed by atoms with Gasteiger partial charge in [-0.05, 0) is 60.3 Å². The fourth-order valence-corrected chi connectivity index (χ4v) is 6.68.